The van der Waals surface area contributed by atoms with Crippen LogP contribution < -0.4 is 4.74 Å². The molecule has 0 aliphatic rings. The third kappa shape index (κ3) is 1.40. The Kier molecular flexibility index (Phi) is 1.80. The Morgan fingerprint density at radius 1 is 1.30 bits per heavy atom. The molecule has 1 radical (unpaired) electrons. The molecule has 1 aromatic heterocycles. The predicted molar refractivity (Wildman–Crippen MR) is 35.6 cm³/mol. The molecule has 0 aliphatic heterocycles. The van der Waals surface area contributed by atoms with Crippen molar-refractivity contribution in [2.24, 2.45) is 0 Å². The molecule has 0 bridgehead atoms. The van der Waals surface area contributed by atoms with Crippen LogP contribution in [0, 0.1) is 13.8 Å². The molecule has 0 aliphatic carbocycles. The number of ether oxygens (including phenoxy) is 1. The van der Waals surface area contributed by atoms with Crippen molar-refractivity contribution in [3.63, 3.8) is 0 Å². The molecule has 0 saturated heterocycles. The minimum Gasteiger partial charge on any atom is -0.467 e. The highest BCUT2D eigenvalue weighted by Crippen LogP contribution is 2.00. The third-order valence-electron chi connectivity index (χ3n) is 0.956. The normalized spacial score (nSPS) is 9.50. The van der Waals surface area contributed by atoms with Gasteiger partial charge in [-0.25, -0.2) is 4.98 Å². The Bertz CT molecular complexity index is 216. The highest BCUT2D eigenvalue weighted by molar-refractivity contribution is 5.01. The zero-order valence-corrected chi connectivity index (χ0v) is 5.96. The summed E-state index contributed by atoms with van der Waals surface area (Å²) >= 11 is 0. The van der Waals surface area contributed by atoms with E-state index in [-0.39, 0.29) is 0 Å². The van der Waals surface area contributed by atoms with Crippen molar-refractivity contribution < 1.29 is 4.74 Å². The summed E-state index contributed by atoms with van der Waals surface area (Å²) in [6.07, 6.45) is 0. The van der Waals surface area contributed by atoms with Crippen LogP contribution in [0.3, 0.4) is 0 Å². The molecule has 0 aromatic carbocycles. The van der Waals surface area contributed by atoms with Crippen LogP contribution in [0.15, 0.2) is 0 Å². The standard InChI is InChI=1S/C6H8N3O/c1-4-7-5(2)9-6(8-4)10-3/h1H2,2-3H3. The number of methoxy groups -OCH3 is 1. The number of hydrogen-bond donors (Lipinski definition) is 0. The zero-order valence-electron chi connectivity index (χ0n) is 5.96. The molecule has 0 amide bonds. The highest BCUT2D eigenvalue weighted by Gasteiger charge is 1.97. The topological polar surface area (TPSA) is 47.9 Å². The summed E-state index contributed by atoms with van der Waals surface area (Å²) in [5.41, 5.74) is 0. The molecule has 1 rings (SSSR count). The smallest absolute Gasteiger partial charge is 0.319 e. The molecule has 4 heteroatoms. The molecular weight excluding hydrogens is 130 g/mol. The van der Waals surface area contributed by atoms with Gasteiger partial charge in [0.1, 0.15) is 11.6 Å². The zero-order chi connectivity index (χ0) is 7.56. The van der Waals surface area contributed by atoms with Crippen LogP contribution >= 0.6 is 0 Å². The van der Waals surface area contributed by atoms with Gasteiger partial charge in [0.15, 0.2) is 0 Å². The SMILES string of the molecule is [CH2]c1nc(C)nc(OC)n1. The maximum Gasteiger partial charge on any atom is 0.319 e. The van der Waals surface area contributed by atoms with Gasteiger partial charge in [-0.2, -0.15) is 9.97 Å². The maximum atomic E-state index is 4.77. The van der Waals surface area contributed by atoms with Crippen LogP contribution in [0.5, 0.6) is 6.01 Å². The van der Waals surface area contributed by atoms with E-state index < -0.39 is 0 Å². The molecule has 0 atom stereocenters. The van der Waals surface area contributed by atoms with Crippen molar-refractivity contribution in [3.8, 4) is 6.01 Å². The molecule has 0 saturated carbocycles. The second-order valence-corrected chi connectivity index (χ2v) is 1.79. The summed E-state index contributed by atoms with van der Waals surface area (Å²) < 4.78 is 4.77. The molecule has 4 nitrogen and oxygen atoms in total. The van der Waals surface area contributed by atoms with E-state index >= 15 is 0 Å². The molecule has 0 spiro atoms. The first-order valence-electron chi connectivity index (χ1n) is 2.81. The van der Waals surface area contributed by atoms with Gasteiger partial charge in [-0.3, -0.25) is 0 Å². The molecule has 0 N–H and O–H groups in total. The van der Waals surface area contributed by atoms with E-state index in [9.17, 15) is 0 Å². The Balaban J connectivity index is 3.06. The predicted octanol–water partition coefficient (Wildman–Crippen LogP) is 0.371. The lowest BCUT2D eigenvalue weighted by atomic mass is 10.6. The first kappa shape index (κ1) is 6.92. The van der Waals surface area contributed by atoms with Crippen LogP contribution in [-0.4, -0.2) is 22.1 Å². The van der Waals surface area contributed by atoms with E-state index in [0.717, 1.165) is 0 Å². The van der Waals surface area contributed by atoms with Gasteiger partial charge in [-0.15, -0.1) is 0 Å². The molecule has 1 aromatic rings. The fourth-order valence-electron chi connectivity index (χ4n) is 0.602. The lowest BCUT2D eigenvalue weighted by Crippen LogP contribution is -1.99. The minimum absolute atomic E-state index is 0.317. The number of hydrogen-bond acceptors (Lipinski definition) is 4. The lowest BCUT2D eigenvalue weighted by molar-refractivity contribution is 0.375. The van der Waals surface area contributed by atoms with Gasteiger partial charge in [-0.05, 0) is 6.92 Å². The summed E-state index contributed by atoms with van der Waals surface area (Å²) in [6.45, 7) is 5.31. The van der Waals surface area contributed by atoms with Crippen molar-refractivity contribution in [1.29, 1.82) is 0 Å². The number of aromatic nitrogens is 3. The van der Waals surface area contributed by atoms with Gasteiger partial charge in [-0.1, -0.05) is 0 Å². The molecule has 0 unspecified atom stereocenters. The summed E-state index contributed by atoms with van der Waals surface area (Å²) in [5, 5.41) is 0. The van der Waals surface area contributed by atoms with E-state index in [0.29, 0.717) is 17.7 Å². The molecular formula is C6H8N3O. The van der Waals surface area contributed by atoms with E-state index in [1.54, 1.807) is 6.92 Å². The second kappa shape index (κ2) is 2.60. The van der Waals surface area contributed by atoms with Crippen molar-refractivity contribution in [3.05, 3.63) is 18.6 Å². The van der Waals surface area contributed by atoms with Crippen LogP contribution in [0.4, 0.5) is 0 Å². The summed E-state index contributed by atoms with van der Waals surface area (Å²) in [5.74, 6) is 1.06. The van der Waals surface area contributed by atoms with Crippen LogP contribution in [-0.2, 0) is 0 Å². The maximum absolute atomic E-state index is 4.77. The second-order valence-electron chi connectivity index (χ2n) is 1.79. The Hall–Kier alpha value is -1.19. The summed E-state index contributed by atoms with van der Waals surface area (Å²) in [6, 6.07) is 0.317. The van der Waals surface area contributed by atoms with Crippen molar-refractivity contribution >= 4 is 0 Å². The van der Waals surface area contributed by atoms with Crippen molar-refractivity contribution in [2.75, 3.05) is 7.11 Å². The fraction of sp³-hybridized carbons (Fsp3) is 0.333. The average molecular weight is 138 g/mol. The molecule has 1 heterocycles. The minimum atomic E-state index is 0.317. The largest absolute Gasteiger partial charge is 0.467 e. The van der Waals surface area contributed by atoms with Gasteiger partial charge in [0, 0.05) is 6.92 Å². The number of rotatable bonds is 1. The van der Waals surface area contributed by atoms with Crippen LogP contribution in [0.1, 0.15) is 11.6 Å². The van der Waals surface area contributed by atoms with Crippen LogP contribution in [0.2, 0.25) is 0 Å². The third-order valence-corrected chi connectivity index (χ3v) is 0.956. The molecule has 10 heavy (non-hydrogen) atoms. The fourth-order valence-corrected chi connectivity index (χ4v) is 0.602. The van der Waals surface area contributed by atoms with E-state index in [2.05, 4.69) is 21.9 Å². The van der Waals surface area contributed by atoms with Crippen molar-refractivity contribution in [2.45, 2.75) is 6.92 Å². The average Bonchev–Trinajstić information content (AvgIpc) is 1.85. The lowest BCUT2D eigenvalue weighted by Gasteiger charge is -1.98. The van der Waals surface area contributed by atoms with E-state index in [1.165, 1.54) is 7.11 Å². The Labute approximate surface area is 59.3 Å². The Morgan fingerprint density at radius 2 is 2.00 bits per heavy atom. The van der Waals surface area contributed by atoms with Gasteiger partial charge >= 0.3 is 6.01 Å². The van der Waals surface area contributed by atoms with Gasteiger partial charge in [0.25, 0.3) is 0 Å². The monoisotopic (exact) mass is 138 g/mol. The van der Waals surface area contributed by atoms with Crippen LogP contribution in [0.25, 0.3) is 0 Å². The first-order chi connectivity index (χ1) is 4.72. The summed E-state index contributed by atoms with van der Waals surface area (Å²) in [7, 11) is 1.51. The van der Waals surface area contributed by atoms with Crippen molar-refractivity contribution in [1.82, 2.24) is 15.0 Å². The van der Waals surface area contributed by atoms with Gasteiger partial charge < -0.3 is 4.74 Å². The highest BCUT2D eigenvalue weighted by atomic mass is 16.5. The van der Waals surface area contributed by atoms with Gasteiger partial charge in [0.2, 0.25) is 0 Å². The van der Waals surface area contributed by atoms with E-state index in [4.69, 9.17) is 4.74 Å². The number of nitrogens with zero attached hydrogens (tertiary/aromatic N) is 3. The van der Waals surface area contributed by atoms with Gasteiger partial charge in [0.05, 0.1) is 7.11 Å². The quantitative estimate of drug-likeness (QED) is 0.562. The summed E-state index contributed by atoms with van der Waals surface area (Å²) in [4.78, 5) is 11.5. The van der Waals surface area contributed by atoms with E-state index in [1.807, 2.05) is 0 Å². The molecule has 53 valence electrons. The first-order valence-corrected chi connectivity index (χ1v) is 2.81. The molecule has 0 fully saturated rings. The number of aryl methyl sites for hydroxylation is 1. The Morgan fingerprint density at radius 3 is 2.50 bits per heavy atom.